The molecular weight excluding hydrogens is 899 g/mol. The number of benzene rings is 3. The number of carboxylic acids is 1. The Bertz CT molecular complexity index is 1790. The van der Waals surface area contributed by atoms with E-state index in [2.05, 4.69) is 26.3 Å². The molecule has 0 fully saturated rings. The summed E-state index contributed by atoms with van der Waals surface area (Å²) in [5.74, 6) is -1.82. The van der Waals surface area contributed by atoms with Crippen LogP contribution in [0, 0.1) is 0 Å². The number of likely N-dealkylation sites (N-methyl/N-ethyl adjacent to an activating group) is 1. The molecule has 0 aliphatic carbocycles. The fraction of sp³-hybridized carbons (Fsp3) is 0.571. The van der Waals surface area contributed by atoms with Gasteiger partial charge < -0.3 is 108 Å². The quantitative estimate of drug-likeness (QED) is 0.0261. The SMILES string of the molecule is CNC[C@H](O)c1ccc(O)c(O)c1.NC(Cc1c[nH]c2ccccc12)C(=O)O.NCCCCN.NCCCCNCCCN.NCCCNCCCCNCCCN.NC[C@H](O)c1ccc(O)c(O)c1. The number of rotatable bonds is 29. The van der Waals surface area contributed by atoms with Gasteiger partial charge in [0.15, 0.2) is 23.0 Å². The monoisotopic (exact) mass is 992 g/mol. The van der Waals surface area contributed by atoms with E-state index < -0.39 is 24.2 Å². The molecule has 4 rings (SSSR count). The number of aliphatic hydroxyl groups is 2. The molecule has 3 aromatic carbocycles. The van der Waals surface area contributed by atoms with Crippen LogP contribution in [0.25, 0.3) is 10.9 Å². The molecule has 1 aromatic heterocycles. The summed E-state index contributed by atoms with van der Waals surface area (Å²) in [6.45, 7) is 11.6. The van der Waals surface area contributed by atoms with Gasteiger partial charge in [0.25, 0.3) is 0 Å². The number of unbranched alkanes of at least 4 members (excludes halogenated alkanes) is 3. The first-order valence-electron chi connectivity index (χ1n) is 24.3. The van der Waals surface area contributed by atoms with E-state index in [1.165, 1.54) is 49.6 Å². The summed E-state index contributed by atoms with van der Waals surface area (Å²) < 4.78 is 0. The molecule has 70 heavy (non-hydrogen) atoms. The van der Waals surface area contributed by atoms with Crippen LogP contribution < -0.4 is 67.1 Å². The van der Waals surface area contributed by atoms with Crippen LogP contribution >= 0.6 is 0 Å². The minimum Gasteiger partial charge on any atom is -0.504 e. The number of nitrogens with one attached hydrogen (secondary N) is 5. The zero-order chi connectivity index (χ0) is 52.8. The number of nitrogens with two attached hydrogens (primary N) is 8. The van der Waals surface area contributed by atoms with Crippen molar-refractivity contribution in [3.8, 4) is 23.0 Å². The number of carboxylic acid groups (broad SMARTS) is 1. The highest BCUT2D eigenvalue weighted by molar-refractivity contribution is 5.84. The highest BCUT2D eigenvalue weighted by Crippen LogP contribution is 2.28. The molecule has 0 aliphatic heterocycles. The number of para-hydroxylation sites is 1. The number of aromatic amines is 1. The van der Waals surface area contributed by atoms with Gasteiger partial charge >= 0.3 is 5.97 Å². The Kier molecular flexibility index (Phi) is 44.9. The first-order chi connectivity index (χ1) is 33.7. The molecule has 0 bridgehead atoms. The lowest BCUT2D eigenvalue weighted by atomic mass is 10.1. The van der Waals surface area contributed by atoms with Crippen LogP contribution in [0.3, 0.4) is 0 Å². The van der Waals surface area contributed by atoms with E-state index in [4.69, 9.17) is 71.4 Å². The number of carbonyl (C=O) groups is 1. The van der Waals surface area contributed by atoms with Crippen molar-refractivity contribution < 1.29 is 40.5 Å². The maximum Gasteiger partial charge on any atom is 0.320 e. The normalized spacial score (nSPS) is 11.7. The average Bonchev–Trinajstić information content (AvgIpc) is 3.77. The first-order valence-corrected chi connectivity index (χ1v) is 24.3. The molecule has 402 valence electrons. The van der Waals surface area contributed by atoms with Gasteiger partial charge in [-0.2, -0.15) is 0 Å². The number of H-pyrrole nitrogens is 1. The molecular formula is C49H93N13O8. The molecule has 0 saturated heterocycles. The van der Waals surface area contributed by atoms with Crippen LogP contribution in [-0.2, 0) is 11.2 Å². The number of phenolic OH excluding ortho intramolecular Hbond substituents is 4. The summed E-state index contributed by atoms with van der Waals surface area (Å²) in [5, 5.41) is 77.4. The van der Waals surface area contributed by atoms with Gasteiger partial charge in [-0.15, -0.1) is 0 Å². The summed E-state index contributed by atoms with van der Waals surface area (Å²) in [6, 6.07) is 15.3. The standard InChI is InChI=1S/C11H12N2O2.C10H26N4.C9H13NO3.C8H11NO3.C7H19N3.C4H12N2/c12-9(11(14)15)5-7-6-13-10-4-2-1-3-8(7)10;11-5-3-9-13-7-1-2-8-14-10-4-6-12;1-10-5-9(13)6-2-3-7(11)8(12)4-6;9-4-8(12)5-1-2-6(10)7(11)3-5;8-4-1-2-6-10-7-3-5-9;5-3-1-2-4-6/h1-4,6,9,13H,5,12H2,(H,14,15);13-14H,1-12H2;2-4,9-13H,5H2,1H3;1-3,8,10-12H,4,9H2;10H,1-9H2;1-6H2/t;;9-;8-;;/m..00../s1. The predicted octanol–water partition coefficient (Wildman–Crippen LogP) is 0.554. The molecule has 21 nitrogen and oxygen atoms in total. The zero-order valence-corrected chi connectivity index (χ0v) is 41.7. The second-order valence-corrected chi connectivity index (χ2v) is 16.0. The van der Waals surface area contributed by atoms with E-state index in [0.29, 0.717) is 24.1 Å². The number of aromatic hydroxyl groups is 4. The Morgan fingerprint density at radius 2 is 0.957 bits per heavy atom. The third-order valence-corrected chi connectivity index (χ3v) is 9.92. The molecule has 1 heterocycles. The minimum absolute atomic E-state index is 0.0875. The van der Waals surface area contributed by atoms with Gasteiger partial charge in [-0.25, -0.2) is 0 Å². The van der Waals surface area contributed by atoms with Gasteiger partial charge in [-0.3, -0.25) is 4.79 Å². The van der Waals surface area contributed by atoms with Crippen molar-refractivity contribution in [3.63, 3.8) is 0 Å². The Morgan fingerprint density at radius 3 is 1.36 bits per heavy atom. The summed E-state index contributed by atoms with van der Waals surface area (Å²) in [6.07, 6.45) is 10.8. The molecule has 21 heteroatoms. The second-order valence-electron chi connectivity index (χ2n) is 16.0. The van der Waals surface area contributed by atoms with Crippen LogP contribution in [0.4, 0.5) is 0 Å². The second kappa shape index (κ2) is 46.7. The largest absolute Gasteiger partial charge is 0.504 e. The smallest absolute Gasteiger partial charge is 0.320 e. The molecule has 1 unspecified atom stereocenters. The van der Waals surface area contributed by atoms with Crippen LogP contribution in [0.15, 0.2) is 66.9 Å². The Balaban J connectivity index is 0. The number of aliphatic hydroxyl groups excluding tert-OH is 2. The van der Waals surface area contributed by atoms with Crippen molar-refractivity contribution >= 4 is 16.9 Å². The molecule has 0 saturated carbocycles. The Labute approximate surface area is 416 Å². The van der Waals surface area contributed by atoms with Crippen LogP contribution in [-0.4, -0.2) is 151 Å². The first kappa shape index (κ1) is 67.4. The van der Waals surface area contributed by atoms with E-state index in [1.807, 2.05) is 30.5 Å². The van der Waals surface area contributed by atoms with Gasteiger partial charge in [-0.1, -0.05) is 30.3 Å². The van der Waals surface area contributed by atoms with Crippen molar-refractivity contribution in [2.24, 2.45) is 45.9 Å². The molecule has 0 amide bonds. The molecule has 0 radical (unpaired) electrons. The van der Waals surface area contributed by atoms with E-state index in [-0.39, 0.29) is 29.5 Å². The number of aliphatic carboxylic acids is 1. The average molecular weight is 992 g/mol. The fourth-order valence-electron chi connectivity index (χ4n) is 5.81. The zero-order valence-electron chi connectivity index (χ0n) is 41.7. The van der Waals surface area contributed by atoms with Gasteiger partial charge in [0, 0.05) is 36.6 Å². The molecule has 3 atom stereocenters. The Morgan fingerprint density at radius 1 is 0.557 bits per heavy atom. The minimum atomic E-state index is -0.972. The number of aromatic nitrogens is 1. The van der Waals surface area contributed by atoms with Crippen molar-refractivity contribution in [3.05, 3.63) is 83.6 Å². The van der Waals surface area contributed by atoms with Crippen molar-refractivity contribution in [1.29, 1.82) is 0 Å². The van der Waals surface area contributed by atoms with E-state index in [0.717, 1.165) is 134 Å². The van der Waals surface area contributed by atoms with Gasteiger partial charge in [0.1, 0.15) is 6.04 Å². The highest BCUT2D eigenvalue weighted by Gasteiger charge is 2.14. The van der Waals surface area contributed by atoms with E-state index >= 15 is 0 Å². The third kappa shape index (κ3) is 35.4. The maximum atomic E-state index is 10.6. The Hall–Kier alpha value is -4.69. The van der Waals surface area contributed by atoms with Crippen molar-refractivity contribution in [1.82, 2.24) is 26.3 Å². The van der Waals surface area contributed by atoms with E-state index in [9.17, 15) is 15.0 Å². The number of hydrogen-bond donors (Lipinski definition) is 20. The number of phenols is 4. The summed E-state index contributed by atoms with van der Waals surface area (Å²) >= 11 is 0. The number of hydrogen-bond acceptors (Lipinski definition) is 19. The van der Waals surface area contributed by atoms with Crippen LogP contribution in [0.2, 0.25) is 0 Å². The van der Waals surface area contributed by atoms with Crippen molar-refractivity contribution in [2.75, 3.05) is 98.7 Å². The van der Waals surface area contributed by atoms with Gasteiger partial charge in [0.05, 0.1) is 12.2 Å². The lowest BCUT2D eigenvalue weighted by molar-refractivity contribution is -0.138. The van der Waals surface area contributed by atoms with Crippen LogP contribution in [0.1, 0.15) is 86.7 Å². The summed E-state index contributed by atoms with van der Waals surface area (Å²) in [5.41, 5.74) is 45.4. The van der Waals surface area contributed by atoms with Gasteiger partial charge in [0.2, 0.25) is 0 Å². The summed E-state index contributed by atoms with van der Waals surface area (Å²) in [7, 11) is 1.73. The lowest BCUT2D eigenvalue weighted by Crippen LogP contribution is -2.32. The van der Waals surface area contributed by atoms with Gasteiger partial charge in [-0.05, 0) is 190 Å². The number of fused-ring (bicyclic) bond motifs is 1. The van der Waals surface area contributed by atoms with E-state index in [1.54, 1.807) is 13.1 Å². The molecule has 4 aromatic rings. The molecule has 28 N–H and O–H groups in total. The maximum absolute atomic E-state index is 10.6. The predicted molar refractivity (Wildman–Crippen MR) is 285 cm³/mol. The third-order valence-electron chi connectivity index (χ3n) is 9.92. The lowest BCUT2D eigenvalue weighted by Gasteiger charge is -2.10. The molecule has 0 aliphatic rings. The van der Waals surface area contributed by atoms with Crippen molar-refractivity contribution in [2.45, 2.75) is 82.5 Å². The highest BCUT2D eigenvalue weighted by atomic mass is 16.4. The van der Waals surface area contributed by atoms with Crippen LogP contribution in [0.5, 0.6) is 23.0 Å². The summed E-state index contributed by atoms with van der Waals surface area (Å²) in [4.78, 5) is 13.7. The molecule has 0 spiro atoms. The fourth-order valence-corrected chi connectivity index (χ4v) is 5.81. The topological polar surface area (TPSA) is 431 Å².